The number of methoxy groups -OCH3 is 2. The first kappa shape index (κ1) is 16.2. The summed E-state index contributed by atoms with van der Waals surface area (Å²) in [6.45, 7) is 3.38. The van der Waals surface area contributed by atoms with Crippen LogP contribution in [0.5, 0.6) is 0 Å². The molecule has 1 heterocycles. The Labute approximate surface area is 128 Å². The Bertz CT molecular complexity index is 478. The van der Waals surface area contributed by atoms with Gasteiger partial charge < -0.3 is 19.5 Å². The Morgan fingerprint density at radius 3 is 3.00 bits per heavy atom. The third-order valence-corrected chi connectivity index (χ3v) is 4.54. The zero-order valence-corrected chi connectivity index (χ0v) is 13.5. The average Bonchev–Trinajstić information content (AvgIpc) is 3.03. The molecule has 0 aliphatic heterocycles. The Balaban J connectivity index is 1.96. The molecule has 1 aromatic rings. The Morgan fingerprint density at radius 2 is 2.33 bits per heavy atom. The highest BCUT2D eigenvalue weighted by Crippen LogP contribution is 2.38. The zero-order chi connectivity index (χ0) is 15.2. The Morgan fingerprint density at radius 1 is 1.52 bits per heavy atom. The average molecular weight is 314 g/mol. The van der Waals surface area contributed by atoms with Crippen molar-refractivity contribution >= 4 is 22.4 Å². The predicted octanol–water partition coefficient (Wildman–Crippen LogP) is 1.81. The number of hydrogen-bond acceptors (Lipinski definition) is 7. The molecular formula is C14H22N2O4S. The molecule has 7 heteroatoms. The maximum absolute atomic E-state index is 11.9. The number of ether oxygens (including phenoxy) is 3. The van der Waals surface area contributed by atoms with Gasteiger partial charge in [-0.2, -0.15) is 0 Å². The van der Waals surface area contributed by atoms with E-state index in [0.29, 0.717) is 19.8 Å². The number of carbonyl (C=O) groups excluding carboxylic acids is 1. The Kier molecular flexibility index (Phi) is 5.96. The van der Waals surface area contributed by atoms with Gasteiger partial charge in [-0.25, -0.2) is 4.98 Å². The van der Waals surface area contributed by atoms with Crippen molar-refractivity contribution in [2.75, 3.05) is 39.3 Å². The fourth-order valence-electron chi connectivity index (χ4n) is 2.37. The van der Waals surface area contributed by atoms with E-state index in [0.717, 1.165) is 23.7 Å². The molecule has 0 aromatic carbocycles. The van der Waals surface area contributed by atoms with E-state index in [1.807, 2.05) is 6.92 Å². The molecule has 0 fully saturated rings. The fraction of sp³-hybridized carbons (Fsp3) is 0.714. The van der Waals surface area contributed by atoms with Gasteiger partial charge in [-0.3, -0.25) is 4.79 Å². The summed E-state index contributed by atoms with van der Waals surface area (Å²) in [5.41, 5.74) is 0.877. The molecule has 1 aliphatic rings. The molecule has 2 rings (SSSR count). The Hall–Kier alpha value is -1.18. The minimum Gasteiger partial charge on any atom is -0.465 e. The quantitative estimate of drug-likeness (QED) is 0.738. The van der Waals surface area contributed by atoms with Gasteiger partial charge in [0.15, 0.2) is 5.13 Å². The number of aromatic nitrogens is 1. The molecule has 0 saturated carbocycles. The number of rotatable bonds is 8. The summed E-state index contributed by atoms with van der Waals surface area (Å²) in [6, 6.07) is 0. The predicted molar refractivity (Wildman–Crippen MR) is 81.0 cm³/mol. The fourth-order valence-corrected chi connectivity index (χ4v) is 3.42. The van der Waals surface area contributed by atoms with Crippen LogP contribution in [-0.2, 0) is 25.4 Å². The molecule has 1 aliphatic carbocycles. The normalized spacial score (nSPS) is 18.3. The lowest BCUT2D eigenvalue weighted by atomic mass is 10.1. The molecule has 1 aromatic heterocycles. The van der Waals surface area contributed by atoms with Gasteiger partial charge in [-0.15, -0.1) is 11.3 Å². The number of esters is 1. The van der Waals surface area contributed by atoms with E-state index in [-0.39, 0.29) is 18.0 Å². The third-order valence-electron chi connectivity index (χ3n) is 3.46. The van der Waals surface area contributed by atoms with E-state index in [9.17, 15) is 4.79 Å². The summed E-state index contributed by atoms with van der Waals surface area (Å²) in [6.07, 6.45) is 1.68. The molecule has 0 radical (unpaired) electrons. The van der Waals surface area contributed by atoms with Crippen molar-refractivity contribution in [2.24, 2.45) is 0 Å². The first-order valence-corrected chi connectivity index (χ1v) is 7.93. The van der Waals surface area contributed by atoms with E-state index in [4.69, 9.17) is 14.2 Å². The lowest BCUT2D eigenvalue weighted by molar-refractivity contribution is -0.145. The second kappa shape index (κ2) is 7.72. The smallest absolute Gasteiger partial charge is 0.315 e. The molecule has 118 valence electrons. The lowest BCUT2D eigenvalue weighted by Gasteiger charge is -2.14. The van der Waals surface area contributed by atoms with Gasteiger partial charge in [0.25, 0.3) is 0 Å². The molecule has 2 atom stereocenters. The minimum atomic E-state index is -0.205. The topological polar surface area (TPSA) is 69.7 Å². The van der Waals surface area contributed by atoms with Crippen LogP contribution >= 0.6 is 11.3 Å². The molecular weight excluding hydrogens is 292 g/mol. The van der Waals surface area contributed by atoms with E-state index >= 15 is 0 Å². The molecule has 2 unspecified atom stereocenters. The molecule has 0 amide bonds. The summed E-state index contributed by atoms with van der Waals surface area (Å²) >= 11 is 1.61. The summed E-state index contributed by atoms with van der Waals surface area (Å²) in [4.78, 5) is 17.6. The van der Waals surface area contributed by atoms with Crippen LogP contribution in [0, 0.1) is 0 Å². The maximum atomic E-state index is 11.9. The highest BCUT2D eigenvalue weighted by molar-refractivity contribution is 7.15. The summed E-state index contributed by atoms with van der Waals surface area (Å²) in [5.74, 6) is -0.369. The van der Waals surface area contributed by atoms with Crippen LogP contribution in [0.15, 0.2) is 0 Å². The van der Waals surface area contributed by atoms with Gasteiger partial charge in [-0.05, 0) is 19.8 Å². The van der Waals surface area contributed by atoms with E-state index < -0.39 is 0 Å². The van der Waals surface area contributed by atoms with Crippen LogP contribution in [-0.4, -0.2) is 51.0 Å². The molecule has 0 bridgehead atoms. The summed E-state index contributed by atoms with van der Waals surface area (Å²) < 4.78 is 15.5. The number of anilines is 1. The molecule has 1 N–H and O–H groups in total. The van der Waals surface area contributed by atoms with Crippen LogP contribution in [0.4, 0.5) is 5.13 Å². The zero-order valence-electron chi connectivity index (χ0n) is 12.7. The first-order chi connectivity index (χ1) is 10.2. The van der Waals surface area contributed by atoms with Crippen molar-refractivity contribution in [2.45, 2.75) is 31.8 Å². The maximum Gasteiger partial charge on any atom is 0.315 e. The van der Waals surface area contributed by atoms with Crippen LogP contribution in [0.25, 0.3) is 0 Å². The van der Waals surface area contributed by atoms with Crippen LogP contribution in [0.1, 0.15) is 29.8 Å². The van der Waals surface area contributed by atoms with E-state index in [2.05, 4.69) is 10.3 Å². The van der Waals surface area contributed by atoms with Crippen LogP contribution in [0.3, 0.4) is 0 Å². The van der Waals surface area contributed by atoms with Gasteiger partial charge in [0.2, 0.25) is 0 Å². The van der Waals surface area contributed by atoms with Gasteiger partial charge in [0.05, 0.1) is 25.0 Å². The standard InChI is InChI=1S/C14H22N2O4S/c1-4-20-13(17)10-5-6-11-12(10)16-14(21-11)15-7-9(19-3)8-18-2/h9-10H,4-8H2,1-3H3,(H,15,16). The van der Waals surface area contributed by atoms with Crippen molar-refractivity contribution in [1.29, 1.82) is 0 Å². The van der Waals surface area contributed by atoms with Crippen LogP contribution in [0.2, 0.25) is 0 Å². The van der Waals surface area contributed by atoms with Crippen molar-refractivity contribution in [3.05, 3.63) is 10.6 Å². The first-order valence-electron chi connectivity index (χ1n) is 7.11. The largest absolute Gasteiger partial charge is 0.465 e. The number of hydrogen-bond donors (Lipinski definition) is 1. The number of carbonyl (C=O) groups is 1. The van der Waals surface area contributed by atoms with Crippen molar-refractivity contribution in [3.63, 3.8) is 0 Å². The second-order valence-electron chi connectivity index (χ2n) is 4.86. The number of aryl methyl sites for hydroxylation is 1. The molecule has 6 nitrogen and oxygen atoms in total. The number of fused-ring (bicyclic) bond motifs is 1. The SMILES string of the molecule is CCOC(=O)C1CCc2sc(NCC(COC)OC)nc21. The molecule has 0 saturated heterocycles. The number of nitrogens with one attached hydrogen (secondary N) is 1. The monoisotopic (exact) mass is 314 g/mol. The minimum absolute atomic E-state index is 0.0189. The molecule has 0 spiro atoms. The second-order valence-corrected chi connectivity index (χ2v) is 5.95. The third kappa shape index (κ3) is 3.93. The van der Waals surface area contributed by atoms with Crippen LogP contribution < -0.4 is 5.32 Å². The molecule has 21 heavy (non-hydrogen) atoms. The van der Waals surface area contributed by atoms with Gasteiger partial charge in [0.1, 0.15) is 5.92 Å². The van der Waals surface area contributed by atoms with E-state index in [1.165, 1.54) is 4.88 Å². The number of thiazole rings is 1. The van der Waals surface area contributed by atoms with Crippen molar-refractivity contribution in [1.82, 2.24) is 4.98 Å². The highest BCUT2D eigenvalue weighted by Gasteiger charge is 2.33. The van der Waals surface area contributed by atoms with Gasteiger partial charge in [0, 0.05) is 25.6 Å². The summed E-state index contributed by atoms with van der Waals surface area (Å²) in [5, 5.41) is 4.08. The van der Waals surface area contributed by atoms with Crippen molar-refractivity contribution in [3.8, 4) is 0 Å². The number of nitrogens with zero attached hydrogens (tertiary/aromatic N) is 1. The van der Waals surface area contributed by atoms with Gasteiger partial charge in [-0.1, -0.05) is 0 Å². The summed E-state index contributed by atoms with van der Waals surface area (Å²) in [7, 11) is 3.30. The highest BCUT2D eigenvalue weighted by atomic mass is 32.1. The van der Waals surface area contributed by atoms with Gasteiger partial charge >= 0.3 is 5.97 Å². The van der Waals surface area contributed by atoms with E-state index in [1.54, 1.807) is 25.6 Å². The lowest BCUT2D eigenvalue weighted by Crippen LogP contribution is -2.26. The van der Waals surface area contributed by atoms with Crippen molar-refractivity contribution < 1.29 is 19.0 Å².